The van der Waals surface area contributed by atoms with Crippen LogP contribution in [0.1, 0.15) is 25.7 Å². The lowest BCUT2D eigenvalue weighted by Crippen LogP contribution is -2.48. The number of hydrogen-bond donors (Lipinski definition) is 1. The van der Waals surface area contributed by atoms with Gasteiger partial charge in [0, 0.05) is 58.7 Å². The Kier molecular flexibility index (Phi) is 4.78. The summed E-state index contributed by atoms with van der Waals surface area (Å²) in [5, 5.41) is 9.64. The molecule has 3 rings (SSSR count). The van der Waals surface area contributed by atoms with Crippen molar-refractivity contribution in [3.63, 3.8) is 0 Å². The molecule has 1 N–H and O–H groups in total. The molecule has 0 bridgehead atoms. The first kappa shape index (κ1) is 15.5. The molecule has 0 aromatic carbocycles. The van der Waals surface area contributed by atoms with E-state index in [1.807, 2.05) is 19.0 Å². The Bertz CT molecular complexity index is 479. The fourth-order valence-corrected chi connectivity index (χ4v) is 3.56. The summed E-state index contributed by atoms with van der Waals surface area (Å²) in [4.78, 5) is 16.0. The van der Waals surface area contributed by atoms with Crippen molar-refractivity contribution >= 4 is 11.6 Å². The van der Waals surface area contributed by atoms with E-state index >= 15 is 0 Å². The van der Waals surface area contributed by atoms with Gasteiger partial charge in [0.2, 0.25) is 0 Å². The fraction of sp³-hybridized carbons (Fsp3) is 0.750. The van der Waals surface area contributed by atoms with Crippen LogP contribution in [0.15, 0.2) is 12.4 Å². The maximum absolute atomic E-state index is 9.64. The Labute approximate surface area is 132 Å². The van der Waals surface area contributed by atoms with E-state index in [-0.39, 0.29) is 6.10 Å². The van der Waals surface area contributed by atoms with Gasteiger partial charge in [0.25, 0.3) is 0 Å². The molecule has 0 unspecified atom stereocenters. The number of aliphatic hydroxyl groups excluding tert-OH is 1. The van der Waals surface area contributed by atoms with E-state index in [9.17, 15) is 5.11 Å². The zero-order valence-corrected chi connectivity index (χ0v) is 13.6. The molecule has 2 fully saturated rings. The van der Waals surface area contributed by atoms with E-state index in [2.05, 4.69) is 19.8 Å². The van der Waals surface area contributed by atoms with Crippen molar-refractivity contribution in [2.24, 2.45) is 0 Å². The van der Waals surface area contributed by atoms with Crippen LogP contribution < -0.4 is 9.80 Å². The van der Waals surface area contributed by atoms with Gasteiger partial charge in [0.15, 0.2) is 11.6 Å². The molecule has 122 valence electrons. The summed E-state index contributed by atoms with van der Waals surface area (Å²) in [5.41, 5.74) is 0. The van der Waals surface area contributed by atoms with Crippen LogP contribution in [-0.4, -0.2) is 72.4 Å². The summed E-state index contributed by atoms with van der Waals surface area (Å²) >= 11 is 0. The van der Waals surface area contributed by atoms with E-state index in [1.165, 1.54) is 12.8 Å². The molecule has 3 heterocycles. The van der Waals surface area contributed by atoms with E-state index in [4.69, 9.17) is 0 Å². The Morgan fingerprint density at radius 3 is 2.27 bits per heavy atom. The van der Waals surface area contributed by atoms with Gasteiger partial charge in [-0.15, -0.1) is 0 Å². The molecule has 2 aliphatic heterocycles. The average Bonchev–Trinajstić information content (AvgIpc) is 2.56. The Balaban J connectivity index is 1.60. The van der Waals surface area contributed by atoms with Crippen LogP contribution in [-0.2, 0) is 0 Å². The first-order valence-electron chi connectivity index (χ1n) is 8.30. The van der Waals surface area contributed by atoms with Gasteiger partial charge in [0.1, 0.15) is 0 Å². The highest BCUT2D eigenvalue weighted by molar-refractivity contribution is 5.61. The number of aromatic nitrogens is 2. The van der Waals surface area contributed by atoms with E-state index in [1.54, 1.807) is 12.4 Å². The van der Waals surface area contributed by atoms with Gasteiger partial charge < -0.3 is 19.8 Å². The Hall–Kier alpha value is -1.40. The van der Waals surface area contributed by atoms with Gasteiger partial charge in [-0.3, -0.25) is 0 Å². The molecule has 0 atom stereocenters. The van der Waals surface area contributed by atoms with Gasteiger partial charge >= 0.3 is 0 Å². The third-order valence-electron chi connectivity index (χ3n) is 4.86. The van der Waals surface area contributed by atoms with Gasteiger partial charge in [-0.2, -0.15) is 0 Å². The third kappa shape index (κ3) is 3.33. The van der Waals surface area contributed by atoms with E-state index in [0.717, 1.165) is 50.7 Å². The number of aliphatic hydroxyl groups is 1. The minimum absolute atomic E-state index is 0.0846. The first-order valence-corrected chi connectivity index (χ1v) is 8.30. The molecular weight excluding hydrogens is 278 g/mol. The molecule has 0 saturated carbocycles. The van der Waals surface area contributed by atoms with Crippen molar-refractivity contribution < 1.29 is 5.11 Å². The van der Waals surface area contributed by atoms with E-state index < -0.39 is 0 Å². The standard InChI is InChI=1S/C16H27N5O/c1-19(2)15-16(18-8-7-17-15)21-9-3-13(4-10-21)20-11-5-14(22)6-12-20/h7-8,13-14,22H,3-6,9-12H2,1-2H3. The molecule has 0 aliphatic carbocycles. The molecule has 2 saturated heterocycles. The lowest BCUT2D eigenvalue weighted by atomic mass is 9.99. The van der Waals surface area contributed by atoms with Crippen LogP contribution in [0.25, 0.3) is 0 Å². The third-order valence-corrected chi connectivity index (χ3v) is 4.86. The molecule has 1 aromatic heterocycles. The number of rotatable bonds is 3. The minimum atomic E-state index is -0.0846. The van der Waals surface area contributed by atoms with Crippen LogP contribution in [0.5, 0.6) is 0 Å². The smallest absolute Gasteiger partial charge is 0.171 e. The largest absolute Gasteiger partial charge is 0.393 e. The molecule has 2 aliphatic rings. The molecule has 22 heavy (non-hydrogen) atoms. The number of nitrogens with zero attached hydrogens (tertiary/aromatic N) is 5. The summed E-state index contributed by atoms with van der Waals surface area (Å²) < 4.78 is 0. The fourth-order valence-electron chi connectivity index (χ4n) is 3.56. The number of likely N-dealkylation sites (tertiary alicyclic amines) is 1. The van der Waals surface area contributed by atoms with Crippen LogP contribution in [0.2, 0.25) is 0 Å². The molecule has 1 aromatic rings. The second kappa shape index (κ2) is 6.79. The van der Waals surface area contributed by atoms with Crippen LogP contribution in [0.3, 0.4) is 0 Å². The number of piperidine rings is 2. The Morgan fingerprint density at radius 1 is 1.00 bits per heavy atom. The number of anilines is 2. The van der Waals surface area contributed by atoms with Crippen molar-refractivity contribution in [2.45, 2.75) is 37.8 Å². The minimum Gasteiger partial charge on any atom is -0.393 e. The van der Waals surface area contributed by atoms with Gasteiger partial charge in [-0.25, -0.2) is 9.97 Å². The molecule has 0 spiro atoms. The molecule has 0 amide bonds. The SMILES string of the molecule is CN(C)c1nccnc1N1CCC(N2CCC(O)CC2)CC1. The lowest BCUT2D eigenvalue weighted by Gasteiger charge is -2.41. The van der Waals surface area contributed by atoms with E-state index in [0.29, 0.717) is 6.04 Å². The monoisotopic (exact) mass is 305 g/mol. The zero-order chi connectivity index (χ0) is 15.5. The molecule has 6 heteroatoms. The zero-order valence-electron chi connectivity index (χ0n) is 13.6. The Morgan fingerprint density at radius 2 is 1.64 bits per heavy atom. The summed E-state index contributed by atoms with van der Waals surface area (Å²) in [6, 6.07) is 0.656. The van der Waals surface area contributed by atoms with Crippen molar-refractivity contribution in [1.82, 2.24) is 14.9 Å². The topological polar surface area (TPSA) is 55.7 Å². The van der Waals surface area contributed by atoms with Crippen LogP contribution in [0, 0.1) is 0 Å². The molecule has 0 radical (unpaired) electrons. The second-order valence-corrected chi connectivity index (χ2v) is 6.58. The highest BCUT2D eigenvalue weighted by Gasteiger charge is 2.29. The summed E-state index contributed by atoms with van der Waals surface area (Å²) in [7, 11) is 4.03. The maximum Gasteiger partial charge on any atom is 0.171 e. The van der Waals surface area contributed by atoms with Crippen molar-refractivity contribution in [1.29, 1.82) is 0 Å². The van der Waals surface area contributed by atoms with Gasteiger partial charge in [-0.05, 0) is 25.7 Å². The quantitative estimate of drug-likeness (QED) is 0.898. The van der Waals surface area contributed by atoms with Crippen LogP contribution in [0.4, 0.5) is 11.6 Å². The lowest BCUT2D eigenvalue weighted by molar-refractivity contribution is 0.0542. The number of hydrogen-bond acceptors (Lipinski definition) is 6. The highest BCUT2D eigenvalue weighted by atomic mass is 16.3. The second-order valence-electron chi connectivity index (χ2n) is 6.58. The predicted octanol–water partition coefficient (Wildman–Crippen LogP) is 0.968. The summed E-state index contributed by atoms with van der Waals surface area (Å²) in [6.45, 7) is 4.15. The van der Waals surface area contributed by atoms with Gasteiger partial charge in [-0.1, -0.05) is 0 Å². The van der Waals surface area contributed by atoms with Crippen LogP contribution >= 0.6 is 0 Å². The normalized spacial score (nSPS) is 22.0. The van der Waals surface area contributed by atoms with Crippen molar-refractivity contribution in [3.8, 4) is 0 Å². The van der Waals surface area contributed by atoms with Crippen molar-refractivity contribution in [3.05, 3.63) is 12.4 Å². The average molecular weight is 305 g/mol. The maximum atomic E-state index is 9.64. The van der Waals surface area contributed by atoms with Gasteiger partial charge in [0.05, 0.1) is 6.10 Å². The van der Waals surface area contributed by atoms with Crippen molar-refractivity contribution in [2.75, 3.05) is 50.1 Å². The summed E-state index contributed by atoms with van der Waals surface area (Å²) in [5.74, 6) is 1.95. The highest BCUT2D eigenvalue weighted by Crippen LogP contribution is 2.28. The molecule has 6 nitrogen and oxygen atoms in total. The first-order chi connectivity index (χ1) is 10.6. The molecular formula is C16H27N5O. The summed E-state index contributed by atoms with van der Waals surface area (Å²) in [6.07, 6.45) is 7.63. The predicted molar refractivity (Wildman–Crippen MR) is 88.4 cm³/mol.